The summed E-state index contributed by atoms with van der Waals surface area (Å²) in [4.78, 5) is 14.5. The van der Waals surface area contributed by atoms with Gasteiger partial charge in [-0.05, 0) is 24.3 Å². The Morgan fingerprint density at radius 2 is 2.10 bits per heavy atom. The van der Waals surface area contributed by atoms with Crippen molar-refractivity contribution in [2.24, 2.45) is 0 Å². The van der Waals surface area contributed by atoms with Crippen LogP contribution in [0.3, 0.4) is 0 Å². The number of rotatable bonds is 4. The Labute approximate surface area is 127 Å². The minimum absolute atomic E-state index is 0.366. The summed E-state index contributed by atoms with van der Waals surface area (Å²) < 4.78 is 4.81. The van der Waals surface area contributed by atoms with Gasteiger partial charge in [0.2, 0.25) is 0 Å². The van der Waals surface area contributed by atoms with E-state index in [4.69, 9.17) is 10.5 Å². The van der Waals surface area contributed by atoms with E-state index in [0.717, 1.165) is 22.4 Å². The third kappa shape index (κ3) is 2.55. The number of ether oxygens (including phenoxy) is 1. The summed E-state index contributed by atoms with van der Waals surface area (Å²) >= 11 is 3.10. The number of carbonyl (C=O) groups excluding carboxylic acids is 1. The second-order valence-corrected chi connectivity index (χ2v) is 6.07. The predicted octanol–water partition coefficient (Wildman–Crippen LogP) is 4.07. The minimum atomic E-state index is -0.366. The third-order valence-corrected chi connectivity index (χ3v) is 5.18. The first-order chi connectivity index (χ1) is 9.63. The Balaban J connectivity index is 2.65. The average molecular weight is 307 g/mol. The van der Waals surface area contributed by atoms with E-state index in [1.54, 1.807) is 11.8 Å². The van der Waals surface area contributed by atoms with Gasteiger partial charge in [-0.15, -0.1) is 23.1 Å². The summed E-state index contributed by atoms with van der Waals surface area (Å²) in [5, 5.41) is 0. The number of nitrogens with two attached hydrogens (primary N) is 1. The first-order valence-corrected chi connectivity index (χ1v) is 8.31. The fourth-order valence-corrected chi connectivity index (χ4v) is 4.06. The Hall–Kier alpha value is -1.46. The molecule has 0 spiro atoms. The van der Waals surface area contributed by atoms with E-state index >= 15 is 0 Å². The highest BCUT2D eigenvalue weighted by Crippen LogP contribution is 2.42. The molecule has 2 rings (SSSR count). The molecule has 0 amide bonds. The zero-order valence-corrected chi connectivity index (χ0v) is 13.4. The summed E-state index contributed by atoms with van der Waals surface area (Å²) in [6, 6.07) is 8.16. The number of methoxy groups -OCH3 is 1. The Morgan fingerprint density at radius 1 is 1.40 bits per heavy atom. The standard InChI is InChI=1S/C15H17NO2S2/c1-4-9-12(16)14(15(17)18-2)20-13(9)10-7-5-6-8-11(10)19-3/h5-8H,4,16H2,1-3H3. The quantitative estimate of drug-likeness (QED) is 0.683. The van der Waals surface area contributed by atoms with Gasteiger partial charge in [0.05, 0.1) is 12.8 Å². The molecular weight excluding hydrogens is 290 g/mol. The van der Waals surface area contributed by atoms with Crippen molar-refractivity contribution in [3.63, 3.8) is 0 Å². The van der Waals surface area contributed by atoms with Crippen LogP contribution in [0.2, 0.25) is 0 Å². The Kier molecular flexibility index (Phi) is 4.73. The summed E-state index contributed by atoms with van der Waals surface area (Å²) in [5.41, 5.74) is 8.83. The van der Waals surface area contributed by atoms with Crippen LogP contribution in [-0.2, 0) is 11.2 Å². The zero-order valence-electron chi connectivity index (χ0n) is 11.7. The van der Waals surface area contributed by atoms with Crippen molar-refractivity contribution in [1.29, 1.82) is 0 Å². The molecule has 0 radical (unpaired) electrons. The van der Waals surface area contributed by atoms with Gasteiger partial charge in [-0.1, -0.05) is 25.1 Å². The zero-order chi connectivity index (χ0) is 14.7. The molecule has 0 fully saturated rings. The van der Waals surface area contributed by atoms with Crippen LogP contribution in [0.25, 0.3) is 10.4 Å². The first-order valence-electron chi connectivity index (χ1n) is 6.26. The van der Waals surface area contributed by atoms with Gasteiger partial charge in [0.1, 0.15) is 4.88 Å². The number of anilines is 1. The van der Waals surface area contributed by atoms with Crippen LogP contribution in [-0.4, -0.2) is 19.3 Å². The maximum absolute atomic E-state index is 11.8. The summed E-state index contributed by atoms with van der Waals surface area (Å²) in [7, 11) is 1.38. The minimum Gasteiger partial charge on any atom is -0.465 e. The van der Waals surface area contributed by atoms with Gasteiger partial charge < -0.3 is 10.5 Å². The lowest BCUT2D eigenvalue weighted by atomic mass is 10.1. The van der Waals surface area contributed by atoms with Crippen LogP contribution in [0.4, 0.5) is 5.69 Å². The maximum Gasteiger partial charge on any atom is 0.350 e. The summed E-state index contributed by atoms with van der Waals surface area (Å²) in [5.74, 6) is -0.366. The molecule has 106 valence electrons. The van der Waals surface area contributed by atoms with Crippen molar-refractivity contribution >= 4 is 34.8 Å². The van der Waals surface area contributed by atoms with Gasteiger partial charge in [0.25, 0.3) is 0 Å². The highest BCUT2D eigenvalue weighted by atomic mass is 32.2. The van der Waals surface area contributed by atoms with E-state index in [1.807, 2.05) is 25.3 Å². The molecule has 0 aliphatic carbocycles. The highest BCUT2D eigenvalue weighted by molar-refractivity contribution is 7.98. The number of hydrogen-bond acceptors (Lipinski definition) is 5. The number of benzene rings is 1. The summed E-state index contributed by atoms with van der Waals surface area (Å²) in [6.45, 7) is 2.05. The van der Waals surface area contributed by atoms with E-state index < -0.39 is 0 Å². The third-order valence-electron chi connectivity index (χ3n) is 3.12. The Bertz CT molecular complexity index is 635. The normalized spacial score (nSPS) is 10.6. The fraction of sp³-hybridized carbons (Fsp3) is 0.267. The largest absolute Gasteiger partial charge is 0.465 e. The van der Waals surface area contributed by atoms with Crippen molar-refractivity contribution in [3.8, 4) is 10.4 Å². The van der Waals surface area contributed by atoms with E-state index in [9.17, 15) is 4.79 Å². The van der Waals surface area contributed by atoms with Crippen LogP contribution in [0, 0.1) is 0 Å². The molecule has 0 saturated heterocycles. The molecule has 0 aliphatic rings. The first kappa shape index (κ1) is 14.9. The number of esters is 1. The molecule has 5 heteroatoms. The molecule has 1 heterocycles. The van der Waals surface area contributed by atoms with E-state index in [0.29, 0.717) is 10.6 Å². The number of thiophene rings is 1. The van der Waals surface area contributed by atoms with Gasteiger partial charge in [-0.3, -0.25) is 0 Å². The lowest BCUT2D eigenvalue weighted by Crippen LogP contribution is -2.02. The fourth-order valence-electron chi connectivity index (χ4n) is 2.12. The van der Waals surface area contributed by atoms with Gasteiger partial charge in [0.15, 0.2) is 0 Å². The van der Waals surface area contributed by atoms with Gasteiger partial charge >= 0.3 is 5.97 Å². The Morgan fingerprint density at radius 3 is 2.70 bits per heavy atom. The van der Waals surface area contributed by atoms with Crippen LogP contribution >= 0.6 is 23.1 Å². The molecule has 1 aromatic carbocycles. The molecule has 0 aliphatic heterocycles. The number of nitrogen functional groups attached to an aromatic ring is 1. The molecule has 0 bridgehead atoms. The molecule has 1 aromatic heterocycles. The monoisotopic (exact) mass is 307 g/mol. The molecule has 2 N–H and O–H groups in total. The smallest absolute Gasteiger partial charge is 0.350 e. The molecule has 20 heavy (non-hydrogen) atoms. The maximum atomic E-state index is 11.8. The number of carbonyl (C=O) groups is 1. The van der Waals surface area contributed by atoms with E-state index in [2.05, 4.69) is 12.1 Å². The van der Waals surface area contributed by atoms with Crippen molar-refractivity contribution in [1.82, 2.24) is 0 Å². The van der Waals surface area contributed by atoms with Crippen LogP contribution < -0.4 is 5.73 Å². The van der Waals surface area contributed by atoms with Crippen molar-refractivity contribution in [2.45, 2.75) is 18.2 Å². The van der Waals surface area contributed by atoms with Crippen LogP contribution in [0.1, 0.15) is 22.2 Å². The molecule has 0 unspecified atom stereocenters. The van der Waals surface area contributed by atoms with Gasteiger partial charge in [-0.2, -0.15) is 0 Å². The lowest BCUT2D eigenvalue weighted by molar-refractivity contribution is 0.0607. The lowest BCUT2D eigenvalue weighted by Gasteiger charge is -2.07. The van der Waals surface area contributed by atoms with Crippen molar-refractivity contribution in [2.75, 3.05) is 19.1 Å². The van der Waals surface area contributed by atoms with Gasteiger partial charge in [0, 0.05) is 15.3 Å². The average Bonchev–Trinajstić information content (AvgIpc) is 2.82. The molecule has 3 nitrogen and oxygen atoms in total. The second kappa shape index (κ2) is 6.33. The molecule has 0 atom stereocenters. The summed E-state index contributed by atoms with van der Waals surface area (Å²) in [6.07, 6.45) is 2.83. The van der Waals surface area contributed by atoms with Crippen LogP contribution in [0.15, 0.2) is 29.2 Å². The van der Waals surface area contributed by atoms with E-state index in [-0.39, 0.29) is 5.97 Å². The molecule has 2 aromatic rings. The van der Waals surface area contributed by atoms with Crippen molar-refractivity contribution < 1.29 is 9.53 Å². The highest BCUT2D eigenvalue weighted by Gasteiger charge is 2.22. The van der Waals surface area contributed by atoms with Crippen molar-refractivity contribution in [3.05, 3.63) is 34.7 Å². The number of hydrogen-bond donors (Lipinski definition) is 1. The van der Waals surface area contributed by atoms with Gasteiger partial charge in [-0.25, -0.2) is 4.79 Å². The molecular formula is C15H17NO2S2. The predicted molar refractivity (Wildman–Crippen MR) is 86.7 cm³/mol. The van der Waals surface area contributed by atoms with E-state index in [1.165, 1.54) is 23.3 Å². The SMILES string of the molecule is CCc1c(-c2ccccc2SC)sc(C(=O)OC)c1N. The number of thioether (sulfide) groups is 1. The molecule has 0 saturated carbocycles. The topological polar surface area (TPSA) is 52.3 Å². The van der Waals surface area contributed by atoms with Crippen LogP contribution in [0.5, 0.6) is 0 Å². The second-order valence-electron chi connectivity index (χ2n) is 4.20.